The van der Waals surface area contributed by atoms with Crippen LogP contribution in [0.3, 0.4) is 0 Å². The van der Waals surface area contributed by atoms with E-state index in [2.05, 4.69) is 75.9 Å². The summed E-state index contributed by atoms with van der Waals surface area (Å²) in [6, 6.07) is 17.2. The Bertz CT molecular complexity index is 1520. The smallest absolute Gasteiger partial charge is 0.250 e. The van der Waals surface area contributed by atoms with Crippen LogP contribution in [0.2, 0.25) is 0 Å². The monoisotopic (exact) mass is 521 g/mol. The van der Waals surface area contributed by atoms with Crippen molar-refractivity contribution in [3.8, 4) is 28.1 Å². The highest BCUT2D eigenvalue weighted by Gasteiger charge is 2.26. The molecule has 200 valence electrons. The normalized spacial score (nSPS) is 16.0. The van der Waals surface area contributed by atoms with Crippen molar-refractivity contribution in [2.45, 2.75) is 19.9 Å². The zero-order valence-electron chi connectivity index (χ0n) is 22.7. The van der Waals surface area contributed by atoms with Gasteiger partial charge in [0.05, 0.1) is 17.7 Å². The molecule has 7 nitrogen and oxygen atoms in total. The second kappa shape index (κ2) is 10.7. The molecule has 1 saturated heterocycles. The van der Waals surface area contributed by atoms with E-state index in [1.165, 1.54) is 17.2 Å². The maximum absolute atomic E-state index is 12.6. The molecular weight excluding hydrogens is 486 g/mol. The van der Waals surface area contributed by atoms with Crippen molar-refractivity contribution < 1.29 is 9.53 Å². The molecule has 2 aromatic carbocycles. The van der Waals surface area contributed by atoms with Crippen molar-refractivity contribution in [2.75, 3.05) is 51.3 Å². The molecule has 1 N–H and O–H groups in total. The van der Waals surface area contributed by atoms with E-state index in [0.717, 1.165) is 84.0 Å². The predicted octanol–water partition coefficient (Wildman–Crippen LogP) is 5.12. The number of hydrogen-bond acceptors (Lipinski definition) is 5. The first-order valence-corrected chi connectivity index (χ1v) is 13.8. The van der Waals surface area contributed by atoms with Gasteiger partial charge in [-0.2, -0.15) is 0 Å². The molecule has 2 aliphatic heterocycles. The van der Waals surface area contributed by atoms with Gasteiger partial charge < -0.3 is 19.5 Å². The molecule has 4 aromatic rings. The molecule has 1 amide bonds. The number of piperazine rings is 1. The zero-order valence-corrected chi connectivity index (χ0v) is 22.7. The van der Waals surface area contributed by atoms with Gasteiger partial charge in [-0.15, -0.1) is 0 Å². The Morgan fingerprint density at radius 3 is 2.56 bits per heavy atom. The number of aromatic nitrogens is 2. The Hall–Kier alpha value is -3.94. The lowest BCUT2D eigenvalue weighted by Crippen LogP contribution is -2.43. The number of carbonyl (C=O) groups excluding carboxylic acids is 1. The molecule has 2 aromatic heterocycles. The average molecular weight is 522 g/mol. The molecule has 4 heterocycles. The van der Waals surface area contributed by atoms with E-state index in [4.69, 9.17) is 4.74 Å². The largest absolute Gasteiger partial charge is 0.493 e. The Balaban J connectivity index is 1.43. The summed E-state index contributed by atoms with van der Waals surface area (Å²) in [6.07, 6.45) is 4.01. The molecular formula is C32H35N5O2. The van der Waals surface area contributed by atoms with E-state index in [1.807, 2.05) is 17.9 Å². The second-order valence-corrected chi connectivity index (χ2v) is 10.4. The van der Waals surface area contributed by atoms with Gasteiger partial charge >= 0.3 is 0 Å². The molecule has 0 unspecified atom stereocenters. The quantitative estimate of drug-likeness (QED) is 0.342. The SMILES string of the molecule is C=CC(=O)N1CCc2ccc(-c3c(-c4ccc(CN5CCN(C)CC5)cc4)[nH]c4nccc(OCC)c34)cc21. The fourth-order valence-electron chi connectivity index (χ4n) is 5.78. The predicted molar refractivity (Wildman–Crippen MR) is 157 cm³/mol. The number of anilines is 1. The molecule has 0 spiro atoms. The topological polar surface area (TPSA) is 64.7 Å². The van der Waals surface area contributed by atoms with E-state index in [0.29, 0.717) is 13.2 Å². The van der Waals surface area contributed by atoms with Crippen molar-refractivity contribution in [2.24, 2.45) is 0 Å². The highest BCUT2D eigenvalue weighted by atomic mass is 16.5. The van der Waals surface area contributed by atoms with Crippen LogP contribution in [0.4, 0.5) is 5.69 Å². The summed E-state index contributed by atoms with van der Waals surface area (Å²) in [4.78, 5) is 27.5. The minimum Gasteiger partial charge on any atom is -0.493 e. The summed E-state index contributed by atoms with van der Waals surface area (Å²) in [5.41, 5.74) is 8.36. The molecule has 0 atom stereocenters. The van der Waals surface area contributed by atoms with Crippen molar-refractivity contribution in [1.29, 1.82) is 0 Å². The van der Waals surface area contributed by atoms with Gasteiger partial charge in [-0.05, 0) is 60.9 Å². The van der Waals surface area contributed by atoms with E-state index >= 15 is 0 Å². The lowest BCUT2D eigenvalue weighted by atomic mass is 9.96. The third kappa shape index (κ3) is 4.84. The highest BCUT2D eigenvalue weighted by molar-refractivity contribution is 6.07. The van der Waals surface area contributed by atoms with Gasteiger partial charge in [0.15, 0.2) is 0 Å². The number of hydrogen-bond donors (Lipinski definition) is 1. The summed E-state index contributed by atoms with van der Waals surface area (Å²) >= 11 is 0. The minimum absolute atomic E-state index is 0.0716. The molecule has 2 aliphatic rings. The van der Waals surface area contributed by atoms with Gasteiger partial charge in [-0.3, -0.25) is 9.69 Å². The third-order valence-electron chi connectivity index (χ3n) is 7.91. The maximum Gasteiger partial charge on any atom is 0.250 e. The van der Waals surface area contributed by atoms with Gasteiger partial charge in [0.25, 0.3) is 0 Å². The number of aromatic amines is 1. The van der Waals surface area contributed by atoms with Crippen LogP contribution in [0.1, 0.15) is 18.1 Å². The number of nitrogens with zero attached hydrogens (tertiary/aromatic N) is 4. The van der Waals surface area contributed by atoms with Crippen LogP contribution in [0.5, 0.6) is 5.75 Å². The summed E-state index contributed by atoms with van der Waals surface area (Å²) in [7, 11) is 2.19. The van der Waals surface area contributed by atoms with Crippen molar-refractivity contribution in [3.05, 3.63) is 78.5 Å². The second-order valence-electron chi connectivity index (χ2n) is 10.4. The number of rotatable bonds is 7. The van der Waals surface area contributed by atoms with Gasteiger partial charge in [0.1, 0.15) is 11.4 Å². The summed E-state index contributed by atoms with van der Waals surface area (Å²) in [5.74, 6) is 0.726. The minimum atomic E-state index is -0.0716. The molecule has 6 rings (SSSR count). The van der Waals surface area contributed by atoms with Gasteiger partial charge in [0, 0.05) is 56.7 Å². The van der Waals surface area contributed by atoms with Crippen LogP contribution < -0.4 is 9.64 Å². The Morgan fingerprint density at radius 2 is 1.82 bits per heavy atom. The number of likely N-dealkylation sites (N-methyl/N-ethyl adjacent to an activating group) is 1. The van der Waals surface area contributed by atoms with Crippen molar-refractivity contribution in [3.63, 3.8) is 0 Å². The van der Waals surface area contributed by atoms with Crippen LogP contribution in [0.15, 0.2) is 67.4 Å². The average Bonchev–Trinajstić information content (AvgIpc) is 3.56. The van der Waals surface area contributed by atoms with E-state index < -0.39 is 0 Å². The summed E-state index contributed by atoms with van der Waals surface area (Å²) in [5, 5.41) is 0.954. The molecule has 7 heteroatoms. The van der Waals surface area contributed by atoms with E-state index in [1.54, 1.807) is 6.20 Å². The highest BCUT2D eigenvalue weighted by Crippen LogP contribution is 2.44. The Kier molecular flexibility index (Phi) is 6.94. The molecule has 0 saturated carbocycles. The lowest BCUT2D eigenvalue weighted by Gasteiger charge is -2.32. The van der Waals surface area contributed by atoms with Crippen LogP contribution in [-0.2, 0) is 17.8 Å². The fourth-order valence-corrected chi connectivity index (χ4v) is 5.78. The van der Waals surface area contributed by atoms with E-state index in [9.17, 15) is 4.79 Å². The van der Waals surface area contributed by atoms with Crippen molar-refractivity contribution in [1.82, 2.24) is 19.8 Å². The van der Waals surface area contributed by atoms with Crippen LogP contribution >= 0.6 is 0 Å². The third-order valence-corrected chi connectivity index (χ3v) is 7.91. The summed E-state index contributed by atoms with van der Waals surface area (Å²) in [6.45, 7) is 12.3. The first kappa shape index (κ1) is 25.3. The van der Waals surface area contributed by atoms with Crippen molar-refractivity contribution >= 4 is 22.6 Å². The molecule has 39 heavy (non-hydrogen) atoms. The Morgan fingerprint density at radius 1 is 1.05 bits per heavy atom. The number of pyridine rings is 1. The fraction of sp³-hybridized carbons (Fsp3) is 0.312. The number of amides is 1. The lowest BCUT2D eigenvalue weighted by molar-refractivity contribution is -0.114. The summed E-state index contributed by atoms with van der Waals surface area (Å²) < 4.78 is 6.06. The van der Waals surface area contributed by atoms with Gasteiger partial charge in [-0.1, -0.05) is 43.0 Å². The number of carbonyl (C=O) groups is 1. The van der Waals surface area contributed by atoms with Crippen LogP contribution in [0.25, 0.3) is 33.4 Å². The van der Waals surface area contributed by atoms with Gasteiger partial charge in [0.2, 0.25) is 5.91 Å². The number of fused-ring (bicyclic) bond motifs is 2. The number of H-pyrrole nitrogens is 1. The molecule has 1 fully saturated rings. The van der Waals surface area contributed by atoms with E-state index in [-0.39, 0.29) is 5.91 Å². The standard InChI is InChI=1S/C32H35N5O2/c1-4-28(38)37-15-13-23-10-11-25(20-26(23)37)29-30-27(39-5-2)12-14-33-32(30)34-31(29)24-8-6-22(7-9-24)21-36-18-16-35(3)17-19-36/h4,6-12,14,20H,1,5,13,15-19,21H2,2-3H3,(H,33,34). The Labute approximate surface area is 229 Å². The first-order valence-electron chi connectivity index (χ1n) is 13.8. The molecule has 0 aliphatic carbocycles. The first-order chi connectivity index (χ1) is 19.1. The molecule has 0 bridgehead atoms. The van der Waals surface area contributed by atoms with Gasteiger partial charge in [-0.25, -0.2) is 4.98 Å². The maximum atomic E-state index is 12.6. The number of ether oxygens (including phenoxy) is 1. The van der Waals surface area contributed by atoms with Crippen LogP contribution in [-0.4, -0.2) is 72.1 Å². The molecule has 0 radical (unpaired) electrons. The zero-order chi connectivity index (χ0) is 26.9. The number of nitrogens with one attached hydrogen (secondary N) is 1. The van der Waals surface area contributed by atoms with Crippen LogP contribution in [0, 0.1) is 0 Å². The number of benzene rings is 2.